The molecule has 0 radical (unpaired) electrons. The van der Waals surface area contributed by atoms with E-state index in [0.29, 0.717) is 6.42 Å². The topological polar surface area (TPSA) is 78.9 Å². The van der Waals surface area contributed by atoms with Gasteiger partial charge in [0.1, 0.15) is 11.6 Å². The minimum Gasteiger partial charge on any atom is -0.480 e. The summed E-state index contributed by atoms with van der Waals surface area (Å²) in [4.78, 5) is 24.5. The Hall–Kier alpha value is -1.30. The smallest absolute Gasteiger partial charge is 0.408 e. The molecule has 0 aromatic carbocycles. The first kappa shape index (κ1) is 16.7. The van der Waals surface area contributed by atoms with Crippen LogP contribution in [0.3, 0.4) is 0 Å². The molecule has 2 N–H and O–H groups in total. The maximum absolute atomic E-state index is 11.5. The Morgan fingerprint density at radius 2 is 1.83 bits per heavy atom. The van der Waals surface area contributed by atoms with Crippen LogP contribution in [-0.2, 0) is 9.53 Å². The van der Waals surface area contributed by atoms with Crippen LogP contribution in [0.1, 0.15) is 34.1 Å². The van der Waals surface area contributed by atoms with E-state index in [9.17, 15) is 9.59 Å². The highest BCUT2D eigenvalue weighted by atomic mass is 16.6. The third-order valence-electron chi connectivity index (χ3n) is 2.45. The molecule has 0 aromatic rings. The fourth-order valence-electron chi connectivity index (χ4n) is 1.22. The molecule has 0 rings (SSSR count). The monoisotopic (exact) mass is 260 g/mol. The van der Waals surface area contributed by atoms with Crippen LogP contribution < -0.4 is 5.32 Å². The second-order valence-electron chi connectivity index (χ2n) is 5.59. The predicted molar refractivity (Wildman–Crippen MR) is 68.6 cm³/mol. The number of hydrogen-bond acceptors (Lipinski definition) is 4. The number of carbonyl (C=O) groups is 2. The van der Waals surface area contributed by atoms with E-state index < -0.39 is 23.7 Å². The summed E-state index contributed by atoms with van der Waals surface area (Å²) in [5.74, 6) is -1.06. The summed E-state index contributed by atoms with van der Waals surface area (Å²) >= 11 is 0. The molecule has 0 aromatic heterocycles. The van der Waals surface area contributed by atoms with E-state index in [1.165, 1.54) is 0 Å². The first-order valence-electron chi connectivity index (χ1n) is 5.91. The molecular formula is C12H24N2O4. The van der Waals surface area contributed by atoms with E-state index >= 15 is 0 Å². The highest BCUT2D eigenvalue weighted by Gasteiger charge is 2.25. The summed E-state index contributed by atoms with van der Waals surface area (Å²) in [5.41, 5.74) is -0.639. The number of carbonyl (C=O) groups excluding carboxylic acids is 1. The normalized spacial score (nSPS) is 15.1. The van der Waals surface area contributed by atoms with Crippen LogP contribution >= 0.6 is 0 Å². The number of carboxylic acid groups (broad SMARTS) is 1. The molecule has 0 bridgehead atoms. The second kappa shape index (κ2) is 6.58. The molecule has 1 unspecified atom stereocenters. The van der Waals surface area contributed by atoms with Crippen molar-refractivity contribution in [2.75, 3.05) is 14.1 Å². The van der Waals surface area contributed by atoms with Crippen molar-refractivity contribution in [3.05, 3.63) is 0 Å². The molecule has 0 aliphatic rings. The summed E-state index contributed by atoms with van der Waals surface area (Å²) in [6.45, 7) is 7.08. The van der Waals surface area contributed by atoms with Gasteiger partial charge in [0.05, 0.1) is 0 Å². The van der Waals surface area contributed by atoms with Crippen molar-refractivity contribution in [2.45, 2.75) is 51.8 Å². The Morgan fingerprint density at radius 3 is 2.17 bits per heavy atom. The van der Waals surface area contributed by atoms with Gasteiger partial charge in [-0.15, -0.1) is 0 Å². The van der Waals surface area contributed by atoms with Crippen LogP contribution in [-0.4, -0.2) is 53.8 Å². The van der Waals surface area contributed by atoms with E-state index in [-0.39, 0.29) is 6.04 Å². The first-order chi connectivity index (χ1) is 8.03. The molecule has 0 saturated carbocycles. The van der Waals surface area contributed by atoms with E-state index in [1.54, 1.807) is 20.8 Å². The molecule has 0 saturated heterocycles. The lowest BCUT2D eigenvalue weighted by molar-refractivity contribution is -0.140. The van der Waals surface area contributed by atoms with Crippen molar-refractivity contribution in [1.29, 1.82) is 0 Å². The Morgan fingerprint density at radius 1 is 1.33 bits per heavy atom. The molecule has 0 aliphatic carbocycles. The number of ether oxygens (including phenoxy) is 1. The second-order valence-corrected chi connectivity index (χ2v) is 5.59. The van der Waals surface area contributed by atoms with E-state index in [2.05, 4.69) is 5.32 Å². The largest absolute Gasteiger partial charge is 0.480 e. The lowest BCUT2D eigenvalue weighted by Gasteiger charge is -2.25. The zero-order chi connectivity index (χ0) is 14.5. The average Bonchev–Trinajstić information content (AvgIpc) is 2.12. The van der Waals surface area contributed by atoms with Gasteiger partial charge in [-0.05, 0) is 48.2 Å². The molecule has 6 nitrogen and oxygen atoms in total. The molecule has 0 spiro atoms. The lowest BCUT2D eigenvalue weighted by atomic mass is 10.1. The van der Waals surface area contributed by atoms with E-state index in [1.807, 2.05) is 25.9 Å². The third-order valence-corrected chi connectivity index (χ3v) is 2.45. The Balaban J connectivity index is 4.46. The van der Waals surface area contributed by atoms with Gasteiger partial charge in [-0.25, -0.2) is 9.59 Å². The summed E-state index contributed by atoms with van der Waals surface area (Å²) in [6.07, 6.45) is -0.387. The number of amides is 1. The molecule has 106 valence electrons. The van der Waals surface area contributed by atoms with Crippen molar-refractivity contribution >= 4 is 12.1 Å². The summed E-state index contributed by atoms with van der Waals surface area (Å²) in [5, 5.41) is 11.4. The van der Waals surface area contributed by atoms with Gasteiger partial charge in [0.25, 0.3) is 0 Å². The third kappa shape index (κ3) is 7.11. The van der Waals surface area contributed by atoms with Crippen molar-refractivity contribution in [3.63, 3.8) is 0 Å². The number of carboxylic acids is 1. The molecule has 0 fully saturated rings. The van der Waals surface area contributed by atoms with Crippen LogP contribution in [0.2, 0.25) is 0 Å². The van der Waals surface area contributed by atoms with E-state index in [0.717, 1.165) is 0 Å². The molecule has 0 aliphatic heterocycles. The average molecular weight is 260 g/mol. The van der Waals surface area contributed by atoms with Crippen molar-refractivity contribution in [2.24, 2.45) is 0 Å². The van der Waals surface area contributed by atoms with Gasteiger partial charge >= 0.3 is 12.1 Å². The van der Waals surface area contributed by atoms with E-state index in [4.69, 9.17) is 9.84 Å². The van der Waals surface area contributed by atoms with Crippen LogP contribution in [0.15, 0.2) is 0 Å². The van der Waals surface area contributed by atoms with Gasteiger partial charge in [0.15, 0.2) is 0 Å². The van der Waals surface area contributed by atoms with Crippen molar-refractivity contribution in [1.82, 2.24) is 10.2 Å². The van der Waals surface area contributed by atoms with Crippen LogP contribution in [0, 0.1) is 0 Å². The Bertz CT molecular complexity index is 297. The number of aliphatic carboxylic acids is 1. The predicted octanol–water partition coefficient (Wildman–Crippen LogP) is 1.30. The van der Waals surface area contributed by atoms with Gasteiger partial charge in [0, 0.05) is 6.04 Å². The van der Waals surface area contributed by atoms with Gasteiger partial charge in [0.2, 0.25) is 0 Å². The van der Waals surface area contributed by atoms with Gasteiger partial charge < -0.3 is 20.1 Å². The number of nitrogens with zero attached hydrogens (tertiary/aromatic N) is 1. The van der Waals surface area contributed by atoms with Crippen LogP contribution in [0.5, 0.6) is 0 Å². The maximum Gasteiger partial charge on any atom is 0.408 e. The molecule has 2 atom stereocenters. The lowest BCUT2D eigenvalue weighted by Crippen LogP contribution is -2.46. The van der Waals surface area contributed by atoms with Crippen LogP contribution in [0.4, 0.5) is 4.79 Å². The first-order valence-corrected chi connectivity index (χ1v) is 5.91. The zero-order valence-corrected chi connectivity index (χ0v) is 12.0. The molecular weight excluding hydrogens is 236 g/mol. The van der Waals surface area contributed by atoms with Gasteiger partial charge in [-0.3, -0.25) is 0 Å². The summed E-state index contributed by atoms with van der Waals surface area (Å²) in [6, 6.07) is -0.904. The standard InChI is InChI=1S/C12H24N2O4/c1-8(14(5)6)7-9(10(15)16)13-11(17)18-12(2,3)4/h8-9H,7H2,1-6H3,(H,13,17)(H,15,16)/t8?,9-/m0/s1. The maximum atomic E-state index is 11.5. The highest BCUT2D eigenvalue weighted by molar-refractivity contribution is 5.80. The summed E-state index contributed by atoms with van der Waals surface area (Å²) < 4.78 is 5.03. The highest BCUT2D eigenvalue weighted by Crippen LogP contribution is 2.08. The van der Waals surface area contributed by atoms with Gasteiger partial charge in [-0.2, -0.15) is 0 Å². The number of alkyl carbamates (subject to hydrolysis) is 1. The zero-order valence-electron chi connectivity index (χ0n) is 12.0. The minimum atomic E-state index is -1.06. The minimum absolute atomic E-state index is 0.0426. The fourth-order valence-corrected chi connectivity index (χ4v) is 1.22. The molecule has 0 heterocycles. The Kier molecular flexibility index (Phi) is 6.11. The van der Waals surface area contributed by atoms with Crippen LogP contribution in [0.25, 0.3) is 0 Å². The van der Waals surface area contributed by atoms with Crippen molar-refractivity contribution in [3.8, 4) is 0 Å². The molecule has 1 amide bonds. The molecule has 6 heteroatoms. The SMILES string of the molecule is CC(C[C@H](NC(=O)OC(C)(C)C)C(=O)O)N(C)C. The fraction of sp³-hybridized carbons (Fsp3) is 0.833. The number of hydrogen-bond donors (Lipinski definition) is 2. The van der Waals surface area contributed by atoms with Gasteiger partial charge in [-0.1, -0.05) is 0 Å². The number of nitrogens with one attached hydrogen (secondary N) is 1. The molecule has 18 heavy (non-hydrogen) atoms. The Labute approximate surface area is 108 Å². The quantitative estimate of drug-likeness (QED) is 0.779. The van der Waals surface area contributed by atoms with Crippen molar-refractivity contribution < 1.29 is 19.4 Å². The number of rotatable bonds is 5. The summed E-state index contributed by atoms with van der Waals surface area (Å²) in [7, 11) is 3.72.